The van der Waals surface area contributed by atoms with E-state index in [9.17, 15) is 0 Å². The van der Waals surface area contributed by atoms with Crippen molar-refractivity contribution < 1.29 is 14.2 Å². The van der Waals surface area contributed by atoms with Crippen LogP contribution in [-0.2, 0) is 0 Å². The molecule has 0 bridgehead atoms. The highest BCUT2D eigenvalue weighted by molar-refractivity contribution is 7.20. The smallest absolute Gasteiger partial charge is 0.183 e. The lowest BCUT2D eigenvalue weighted by Gasteiger charge is -2.12. The lowest BCUT2D eigenvalue weighted by Crippen LogP contribution is -2.18. The van der Waals surface area contributed by atoms with Crippen LogP contribution < -0.4 is 19.6 Å². The minimum atomic E-state index is 0.427. The number of aliphatic imine (C=N–C) groups is 1. The Morgan fingerprint density at radius 3 is 2.56 bits per heavy atom. The Morgan fingerprint density at radius 1 is 1.03 bits per heavy atom. The molecule has 0 saturated heterocycles. The zero-order valence-corrected chi connectivity index (χ0v) is 21.7. The van der Waals surface area contributed by atoms with Crippen molar-refractivity contribution in [1.29, 1.82) is 0 Å². The molecule has 0 aliphatic rings. The van der Waals surface area contributed by atoms with E-state index in [0.29, 0.717) is 36.5 Å². The molecule has 7 nitrogen and oxygen atoms in total. The van der Waals surface area contributed by atoms with Crippen LogP contribution in [0.5, 0.6) is 17.2 Å². The van der Waals surface area contributed by atoms with Gasteiger partial charge in [-0.15, -0.1) is 11.3 Å². The highest BCUT2D eigenvalue weighted by Crippen LogP contribution is 2.28. The Bertz CT molecular complexity index is 1310. The van der Waals surface area contributed by atoms with Crippen LogP contribution in [0.1, 0.15) is 31.3 Å². The van der Waals surface area contributed by atoms with Crippen LogP contribution in [0.15, 0.2) is 76.8 Å². The van der Waals surface area contributed by atoms with Gasteiger partial charge in [0.25, 0.3) is 0 Å². The predicted molar refractivity (Wildman–Crippen MR) is 147 cm³/mol. The third kappa shape index (κ3) is 6.60. The third-order valence-electron chi connectivity index (χ3n) is 5.03. The molecule has 1 N–H and O–H groups in total. The number of rotatable bonds is 10. The molecule has 0 aliphatic carbocycles. The second kappa shape index (κ2) is 12.2. The average Bonchev–Trinajstić information content (AvgIpc) is 3.32. The summed E-state index contributed by atoms with van der Waals surface area (Å²) in [6.45, 7) is 7.42. The number of aromatic nitrogens is 1. The molecule has 0 spiro atoms. The quantitative estimate of drug-likeness (QED) is 0.153. The van der Waals surface area contributed by atoms with Gasteiger partial charge < -0.3 is 14.2 Å². The number of fused-ring (bicyclic) bond motifs is 1. The zero-order valence-electron chi connectivity index (χ0n) is 20.9. The summed E-state index contributed by atoms with van der Waals surface area (Å²) >= 11 is 1.56. The molecular formula is C28H30N4O3S. The van der Waals surface area contributed by atoms with Gasteiger partial charge in [-0.2, -0.15) is 5.10 Å². The lowest BCUT2D eigenvalue weighted by molar-refractivity contribution is 0.257. The van der Waals surface area contributed by atoms with Gasteiger partial charge in [-0.25, -0.2) is 9.98 Å². The fraction of sp³-hybridized carbons (Fsp3) is 0.250. The number of methoxy groups -OCH3 is 1. The van der Waals surface area contributed by atoms with E-state index in [2.05, 4.69) is 24.4 Å². The zero-order chi connectivity index (χ0) is 25.3. The van der Waals surface area contributed by atoms with Gasteiger partial charge in [0.15, 0.2) is 22.3 Å². The molecule has 186 valence electrons. The molecule has 36 heavy (non-hydrogen) atoms. The molecule has 1 heterocycles. The molecule has 0 saturated carbocycles. The van der Waals surface area contributed by atoms with Crippen molar-refractivity contribution in [2.45, 2.75) is 20.8 Å². The van der Waals surface area contributed by atoms with E-state index in [4.69, 9.17) is 24.2 Å². The van der Waals surface area contributed by atoms with E-state index in [1.54, 1.807) is 24.7 Å². The molecule has 0 atom stereocenters. The van der Waals surface area contributed by atoms with E-state index in [1.165, 1.54) is 0 Å². The normalized spacial score (nSPS) is 11.9. The maximum absolute atomic E-state index is 5.84. The monoisotopic (exact) mass is 502 g/mol. The number of hydrazone groups is 1. The Hall–Kier alpha value is -3.91. The number of nitrogens with zero attached hydrogens (tertiary/aromatic N) is 3. The van der Waals surface area contributed by atoms with Crippen molar-refractivity contribution in [3.63, 3.8) is 0 Å². The molecule has 3 aromatic carbocycles. The SMILES string of the molecule is CCOc1ccc(N=C(NN=Cc2ccc(OCC(C)C)c(OC)c2)c2nc3ccccc3s2)cc1. The average molecular weight is 503 g/mol. The van der Waals surface area contributed by atoms with Gasteiger partial charge in [-0.05, 0) is 73.0 Å². The van der Waals surface area contributed by atoms with Crippen LogP contribution in [0.25, 0.3) is 10.2 Å². The maximum atomic E-state index is 5.84. The van der Waals surface area contributed by atoms with Crippen LogP contribution in [0, 0.1) is 5.92 Å². The third-order valence-corrected chi connectivity index (χ3v) is 6.07. The summed E-state index contributed by atoms with van der Waals surface area (Å²) in [4.78, 5) is 9.53. The number of thiazole rings is 1. The lowest BCUT2D eigenvalue weighted by atomic mass is 10.2. The second-order valence-electron chi connectivity index (χ2n) is 8.36. The first-order valence-corrected chi connectivity index (χ1v) is 12.6. The molecule has 0 radical (unpaired) electrons. The fourth-order valence-electron chi connectivity index (χ4n) is 3.31. The summed E-state index contributed by atoms with van der Waals surface area (Å²) in [6, 6.07) is 21.3. The van der Waals surface area contributed by atoms with Crippen molar-refractivity contribution in [3.05, 3.63) is 77.3 Å². The van der Waals surface area contributed by atoms with Gasteiger partial charge in [0.1, 0.15) is 5.75 Å². The molecule has 1 aromatic heterocycles. The fourth-order valence-corrected chi connectivity index (χ4v) is 4.22. The Balaban J connectivity index is 1.58. The van der Waals surface area contributed by atoms with Gasteiger partial charge in [0.05, 0.1) is 42.4 Å². The molecular weight excluding hydrogens is 472 g/mol. The second-order valence-corrected chi connectivity index (χ2v) is 9.39. The van der Waals surface area contributed by atoms with E-state index < -0.39 is 0 Å². The Labute approximate surface area is 215 Å². The highest BCUT2D eigenvalue weighted by atomic mass is 32.1. The number of hydrogen-bond acceptors (Lipinski definition) is 7. The van der Waals surface area contributed by atoms with Gasteiger partial charge >= 0.3 is 0 Å². The van der Waals surface area contributed by atoms with Gasteiger partial charge in [0, 0.05) is 0 Å². The minimum Gasteiger partial charge on any atom is -0.494 e. The molecule has 0 unspecified atom stereocenters. The summed E-state index contributed by atoms with van der Waals surface area (Å²) in [7, 11) is 1.63. The number of hydrogen-bond donors (Lipinski definition) is 1. The minimum absolute atomic E-state index is 0.427. The van der Waals surface area contributed by atoms with Crippen molar-refractivity contribution in [3.8, 4) is 17.2 Å². The van der Waals surface area contributed by atoms with Crippen molar-refractivity contribution >= 4 is 39.3 Å². The number of para-hydroxylation sites is 1. The van der Waals surface area contributed by atoms with Gasteiger partial charge in [-0.1, -0.05) is 26.0 Å². The molecule has 0 aliphatic heterocycles. The number of amidine groups is 1. The summed E-state index contributed by atoms with van der Waals surface area (Å²) in [5, 5.41) is 5.20. The van der Waals surface area contributed by atoms with E-state index in [0.717, 1.165) is 32.2 Å². The maximum Gasteiger partial charge on any atom is 0.183 e. The van der Waals surface area contributed by atoms with E-state index in [-0.39, 0.29) is 0 Å². The summed E-state index contributed by atoms with van der Waals surface area (Å²) < 4.78 is 18.0. The Morgan fingerprint density at radius 2 is 1.83 bits per heavy atom. The standard InChI is InChI=1S/C28H30N4O3S/c1-5-34-22-13-11-21(12-14-22)30-27(28-31-23-8-6-7-9-26(23)36-28)32-29-17-20-10-15-24(25(16-20)33-4)35-18-19(2)3/h6-17,19H,5,18H2,1-4H3,(H,30,32). The summed E-state index contributed by atoms with van der Waals surface area (Å²) in [5.74, 6) is 3.16. The van der Waals surface area contributed by atoms with Gasteiger partial charge in [-0.3, -0.25) is 5.43 Å². The molecule has 0 amide bonds. The Kier molecular flexibility index (Phi) is 8.52. The van der Waals surface area contributed by atoms with Crippen LogP contribution in [0.4, 0.5) is 5.69 Å². The topological polar surface area (TPSA) is 77.3 Å². The van der Waals surface area contributed by atoms with Crippen LogP contribution in [-0.4, -0.2) is 37.4 Å². The summed E-state index contributed by atoms with van der Waals surface area (Å²) in [5.41, 5.74) is 5.64. The predicted octanol–water partition coefficient (Wildman–Crippen LogP) is 6.44. The molecule has 0 fully saturated rings. The molecule has 4 aromatic rings. The van der Waals surface area contributed by atoms with E-state index >= 15 is 0 Å². The first-order valence-electron chi connectivity index (χ1n) is 11.8. The molecule has 8 heteroatoms. The van der Waals surface area contributed by atoms with Crippen molar-refractivity contribution in [2.75, 3.05) is 20.3 Å². The molecule has 4 rings (SSSR count). The highest BCUT2D eigenvalue weighted by Gasteiger charge is 2.11. The number of benzene rings is 3. The van der Waals surface area contributed by atoms with Crippen LogP contribution >= 0.6 is 11.3 Å². The van der Waals surface area contributed by atoms with Crippen LogP contribution in [0.2, 0.25) is 0 Å². The van der Waals surface area contributed by atoms with Crippen molar-refractivity contribution in [1.82, 2.24) is 10.4 Å². The van der Waals surface area contributed by atoms with E-state index in [1.807, 2.05) is 73.7 Å². The number of ether oxygens (including phenoxy) is 3. The van der Waals surface area contributed by atoms with Crippen molar-refractivity contribution in [2.24, 2.45) is 16.0 Å². The first kappa shape index (κ1) is 25.2. The summed E-state index contributed by atoms with van der Waals surface area (Å²) in [6.07, 6.45) is 1.72. The van der Waals surface area contributed by atoms with Gasteiger partial charge in [0.2, 0.25) is 0 Å². The largest absolute Gasteiger partial charge is 0.494 e. The van der Waals surface area contributed by atoms with Crippen LogP contribution in [0.3, 0.4) is 0 Å². The number of nitrogens with one attached hydrogen (secondary N) is 1. The first-order chi connectivity index (χ1) is 17.6.